The van der Waals surface area contributed by atoms with E-state index in [-0.39, 0.29) is 17.5 Å². The van der Waals surface area contributed by atoms with Gasteiger partial charge in [0.25, 0.3) is 11.6 Å². The zero-order valence-corrected chi connectivity index (χ0v) is 17.5. The molecule has 3 aromatic carbocycles. The van der Waals surface area contributed by atoms with E-state index in [1.807, 2.05) is 36.4 Å². The molecule has 0 saturated heterocycles. The number of carbonyl (C=O) groups is 1. The van der Waals surface area contributed by atoms with Gasteiger partial charge in [0.2, 0.25) is 5.88 Å². The lowest BCUT2D eigenvalue weighted by atomic mass is 10.1. The molecule has 0 atom stereocenters. The van der Waals surface area contributed by atoms with Crippen LogP contribution < -0.4 is 14.9 Å². The molecular formula is C24H18N4O5. The van der Waals surface area contributed by atoms with Crippen LogP contribution in [0.2, 0.25) is 0 Å². The van der Waals surface area contributed by atoms with Crippen LogP contribution in [-0.2, 0) is 0 Å². The highest BCUT2D eigenvalue weighted by Crippen LogP contribution is 2.31. The first-order valence-corrected chi connectivity index (χ1v) is 9.82. The predicted molar refractivity (Wildman–Crippen MR) is 123 cm³/mol. The summed E-state index contributed by atoms with van der Waals surface area (Å²) in [5.41, 5.74) is 3.54. The second-order valence-corrected chi connectivity index (χ2v) is 6.89. The van der Waals surface area contributed by atoms with Crippen LogP contribution in [0.15, 0.2) is 84.1 Å². The monoisotopic (exact) mass is 442 g/mol. The number of nitro groups is 1. The summed E-state index contributed by atoms with van der Waals surface area (Å²) in [5, 5.41) is 16.8. The Hall–Kier alpha value is -4.79. The minimum absolute atomic E-state index is 0.133. The van der Waals surface area contributed by atoms with Crippen molar-refractivity contribution in [2.75, 3.05) is 7.11 Å². The molecule has 1 aromatic heterocycles. The van der Waals surface area contributed by atoms with Gasteiger partial charge in [-0.05, 0) is 46.7 Å². The third-order valence-electron chi connectivity index (χ3n) is 4.73. The number of carbonyl (C=O) groups excluding carboxylic acids is 1. The summed E-state index contributed by atoms with van der Waals surface area (Å²) < 4.78 is 11.0. The molecule has 0 saturated carbocycles. The molecule has 0 radical (unpaired) electrons. The molecule has 0 aliphatic heterocycles. The summed E-state index contributed by atoms with van der Waals surface area (Å²) in [7, 11) is 1.48. The number of hydrazone groups is 1. The number of hydrogen-bond donors (Lipinski definition) is 1. The number of ether oxygens (including phenoxy) is 2. The van der Waals surface area contributed by atoms with Crippen molar-refractivity contribution in [3.8, 4) is 17.4 Å². The molecule has 1 amide bonds. The first-order valence-electron chi connectivity index (χ1n) is 9.82. The molecule has 0 aliphatic rings. The van der Waals surface area contributed by atoms with Gasteiger partial charge < -0.3 is 9.47 Å². The molecule has 0 bridgehead atoms. The first-order chi connectivity index (χ1) is 16.0. The smallest absolute Gasteiger partial charge is 0.287 e. The van der Waals surface area contributed by atoms with Crippen molar-refractivity contribution in [1.82, 2.24) is 10.4 Å². The Bertz CT molecular complexity index is 1350. The van der Waals surface area contributed by atoms with E-state index in [4.69, 9.17) is 9.47 Å². The Kier molecular flexibility index (Phi) is 6.21. The van der Waals surface area contributed by atoms with Gasteiger partial charge in [0.05, 0.1) is 18.2 Å². The van der Waals surface area contributed by atoms with Gasteiger partial charge in [0, 0.05) is 17.7 Å². The second-order valence-electron chi connectivity index (χ2n) is 6.89. The molecule has 1 N–H and O–H groups in total. The fraction of sp³-hybridized carbons (Fsp3) is 0.0417. The van der Waals surface area contributed by atoms with Gasteiger partial charge in [-0.2, -0.15) is 5.10 Å². The van der Waals surface area contributed by atoms with E-state index in [1.54, 1.807) is 24.3 Å². The third-order valence-corrected chi connectivity index (χ3v) is 4.73. The molecule has 4 rings (SSSR count). The third kappa shape index (κ3) is 5.10. The van der Waals surface area contributed by atoms with Crippen molar-refractivity contribution in [2.24, 2.45) is 5.10 Å². The SMILES string of the molecule is COc1cc(/C=N/NC(=O)c2ccc3ccccc3c2)ccc1Oc1ccc([N+](=O)[O-])cn1. The van der Waals surface area contributed by atoms with Crippen LogP contribution in [0, 0.1) is 10.1 Å². The quantitative estimate of drug-likeness (QED) is 0.252. The van der Waals surface area contributed by atoms with E-state index in [0.29, 0.717) is 22.6 Å². The summed E-state index contributed by atoms with van der Waals surface area (Å²) in [4.78, 5) is 26.5. The number of amides is 1. The van der Waals surface area contributed by atoms with E-state index in [2.05, 4.69) is 15.5 Å². The van der Waals surface area contributed by atoms with Crippen LogP contribution >= 0.6 is 0 Å². The number of nitrogens with zero attached hydrogens (tertiary/aromatic N) is 3. The molecule has 9 nitrogen and oxygen atoms in total. The molecule has 0 unspecified atom stereocenters. The highest BCUT2D eigenvalue weighted by molar-refractivity contribution is 5.99. The number of rotatable bonds is 7. The first kappa shape index (κ1) is 21.4. The normalized spacial score (nSPS) is 10.8. The van der Waals surface area contributed by atoms with Crippen molar-refractivity contribution in [3.63, 3.8) is 0 Å². The van der Waals surface area contributed by atoms with Crippen LogP contribution in [0.4, 0.5) is 5.69 Å². The van der Waals surface area contributed by atoms with Crippen molar-refractivity contribution in [2.45, 2.75) is 0 Å². The maximum Gasteiger partial charge on any atom is 0.287 e. The second kappa shape index (κ2) is 9.56. The van der Waals surface area contributed by atoms with Gasteiger partial charge in [-0.15, -0.1) is 0 Å². The predicted octanol–water partition coefficient (Wildman–Crippen LogP) is 4.71. The molecule has 0 aliphatic carbocycles. The summed E-state index contributed by atoms with van der Waals surface area (Å²) in [6.45, 7) is 0. The highest BCUT2D eigenvalue weighted by atomic mass is 16.6. The Morgan fingerprint density at radius 1 is 1.03 bits per heavy atom. The van der Waals surface area contributed by atoms with Gasteiger partial charge in [0.15, 0.2) is 11.5 Å². The number of methoxy groups -OCH3 is 1. The largest absolute Gasteiger partial charge is 0.493 e. The number of hydrogen-bond acceptors (Lipinski definition) is 7. The molecule has 33 heavy (non-hydrogen) atoms. The molecule has 9 heteroatoms. The zero-order chi connectivity index (χ0) is 23.2. The number of benzene rings is 3. The summed E-state index contributed by atoms with van der Waals surface area (Å²) in [5.74, 6) is 0.632. The van der Waals surface area contributed by atoms with Gasteiger partial charge in [-0.25, -0.2) is 10.4 Å². The van der Waals surface area contributed by atoms with Gasteiger partial charge in [-0.3, -0.25) is 14.9 Å². The molecule has 164 valence electrons. The van der Waals surface area contributed by atoms with Crippen LogP contribution in [0.3, 0.4) is 0 Å². The Morgan fingerprint density at radius 3 is 2.58 bits per heavy atom. The summed E-state index contributed by atoms with van der Waals surface area (Å²) in [6, 6.07) is 21.0. The van der Waals surface area contributed by atoms with E-state index >= 15 is 0 Å². The van der Waals surface area contributed by atoms with Gasteiger partial charge in [-0.1, -0.05) is 30.3 Å². The summed E-state index contributed by atoms with van der Waals surface area (Å²) >= 11 is 0. The highest BCUT2D eigenvalue weighted by Gasteiger charge is 2.10. The van der Waals surface area contributed by atoms with Crippen molar-refractivity contribution < 1.29 is 19.2 Å². The Morgan fingerprint density at radius 2 is 1.85 bits per heavy atom. The average molecular weight is 442 g/mol. The standard InChI is InChI=1S/C24H18N4O5/c1-32-22-12-16(6-10-21(22)33-23-11-9-20(15-25-23)28(30)31)14-26-27-24(29)19-8-7-17-4-2-3-5-18(17)13-19/h2-15H,1H3,(H,27,29)/b26-14+. The van der Waals surface area contributed by atoms with Crippen molar-refractivity contribution in [3.05, 3.63) is 100 Å². The van der Waals surface area contributed by atoms with Crippen LogP contribution in [0.1, 0.15) is 15.9 Å². The molecular weight excluding hydrogens is 424 g/mol. The molecule has 4 aromatic rings. The average Bonchev–Trinajstić information content (AvgIpc) is 2.84. The van der Waals surface area contributed by atoms with Crippen LogP contribution in [-0.4, -0.2) is 29.1 Å². The van der Waals surface area contributed by atoms with Crippen LogP contribution in [0.5, 0.6) is 17.4 Å². The topological polar surface area (TPSA) is 116 Å². The summed E-state index contributed by atoms with van der Waals surface area (Å²) in [6.07, 6.45) is 2.59. The fourth-order valence-corrected chi connectivity index (χ4v) is 3.06. The van der Waals surface area contributed by atoms with Crippen molar-refractivity contribution >= 4 is 28.6 Å². The van der Waals surface area contributed by atoms with Gasteiger partial charge >= 0.3 is 0 Å². The molecule has 1 heterocycles. The van der Waals surface area contributed by atoms with E-state index in [0.717, 1.165) is 17.0 Å². The zero-order valence-electron chi connectivity index (χ0n) is 17.5. The lowest BCUT2D eigenvalue weighted by Gasteiger charge is -2.10. The number of fused-ring (bicyclic) bond motifs is 1. The molecule has 0 spiro atoms. The number of nitrogens with one attached hydrogen (secondary N) is 1. The fourth-order valence-electron chi connectivity index (χ4n) is 3.06. The lowest BCUT2D eigenvalue weighted by Crippen LogP contribution is -2.17. The Labute approximate surface area is 188 Å². The minimum Gasteiger partial charge on any atom is -0.493 e. The van der Waals surface area contributed by atoms with Crippen molar-refractivity contribution in [1.29, 1.82) is 0 Å². The maximum atomic E-state index is 12.4. The van der Waals surface area contributed by atoms with Crippen LogP contribution in [0.25, 0.3) is 10.8 Å². The van der Waals surface area contributed by atoms with E-state index in [9.17, 15) is 14.9 Å². The molecule has 0 fully saturated rings. The van der Waals surface area contributed by atoms with E-state index < -0.39 is 4.92 Å². The number of pyridine rings is 1. The van der Waals surface area contributed by atoms with E-state index in [1.165, 1.54) is 25.5 Å². The Balaban J connectivity index is 1.43. The minimum atomic E-state index is -0.537. The number of aromatic nitrogens is 1. The van der Waals surface area contributed by atoms with Gasteiger partial charge in [0.1, 0.15) is 6.20 Å². The maximum absolute atomic E-state index is 12.4. The lowest BCUT2D eigenvalue weighted by molar-refractivity contribution is -0.385.